The van der Waals surface area contributed by atoms with E-state index in [-0.39, 0.29) is 23.1 Å². The smallest absolute Gasteiger partial charge is 0.160 e. The molecule has 0 saturated carbocycles. The second kappa shape index (κ2) is 12.5. The number of carbonyl (C=O) groups is 4. The van der Waals surface area contributed by atoms with Gasteiger partial charge in [0.2, 0.25) is 0 Å². The van der Waals surface area contributed by atoms with Crippen LogP contribution >= 0.6 is 15.8 Å². The van der Waals surface area contributed by atoms with E-state index in [1.54, 1.807) is 27.7 Å². The Balaban J connectivity index is 2.04. The molecule has 0 unspecified atom stereocenters. The highest BCUT2D eigenvalue weighted by atomic mass is 31.2. The first-order valence-corrected chi connectivity index (χ1v) is 15.7. The Kier molecular flexibility index (Phi) is 9.12. The van der Waals surface area contributed by atoms with E-state index in [1.807, 2.05) is 97.1 Å². The van der Waals surface area contributed by atoms with Crippen molar-refractivity contribution < 1.29 is 19.2 Å². The Morgan fingerprint density at radius 1 is 0.410 bits per heavy atom. The van der Waals surface area contributed by atoms with Crippen LogP contribution in [0.3, 0.4) is 0 Å². The van der Waals surface area contributed by atoms with Crippen LogP contribution < -0.4 is 21.2 Å². The number of carbonyl (C=O) groups excluding carboxylic acids is 4. The summed E-state index contributed by atoms with van der Waals surface area (Å²) >= 11 is 0. The van der Waals surface area contributed by atoms with Crippen molar-refractivity contribution >= 4 is 60.2 Å². The molecule has 0 saturated heterocycles. The van der Waals surface area contributed by atoms with Crippen LogP contribution in [0.25, 0.3) is 0 Å². The van der Waals surface area contributed by atoms with E-state index in [0.29, 0.717) is 28.2 Å². The summed E-state index contributed by atoms with van der Waals surface area (Å²) in [6.07, 6.45) is 0. The van der Waals surface area contributed by atoms with Crippen LogP contribution in [-0.2, 0) is 0 Å². The third-order valence-electron chi connectivity index (χ3n) is 6.58. The molecule has 0 fully saturated rings. The van der Waals surface area contributed by atoms with Gasteiger partial charge in [-0.05, 0) is 64.8 Å². The molecule has 0 spiro atoms. The van der Waals surface area contributed by atoms with E-state index in [4.69, 9.17) is 0 Å². The van der Waals surface area contributed by atoms with Gasteiger partial charge in [-0.1, -0.05) is 97.1 Å². The first-order valence-electron chi connectivity index (χ1n) is 12.7. The Morgan fingerprint density at radius 2 is 0.615 bits per heavy atom. The van der Waals surface area contributed by atoms with Crippen molar-refractivity contribution in [2.75, 3.05) is 5.90 Å². The van der Waals surface area contributed by atoms with E-state index in [1.165, 1.54) is 0 Å². The van der Waals surface area contributed by atoms with E-state index in [0.717, 1.165) is 21.2 Å². The molecule has 0 amide bonds. The largest absolute Gasteiger partial charge is 0.294 e. The van der Waals surface area contributed by atoms with E-state index >= 15 is 0 Å². The zero-order valence-corrected chi connectivity index (χ0v) is 24.3. The van der Waals surface area contributed by atoms with Gasteiger partial charge in [0.25, 0.3) is 0 Å². The van der Waals surface area contributed by atoms with E-state index in [9.17, 15) is 19.2 Å². The van der Waals surface area contributed by atoms with Crippen molar-refractivity contribution in [1.82, 2.24) is 0 Å². The molecule has 4 rings (SSSR count). The summed E-state index contributed by atoms with van der Waals surface area (Å²) in [7, 11) is -2.49. The molecule has 39 heavy (non-hydrogen) atoms. The van der Waals surface area contributed by atoms with Gasteiger partial charge >= 0.3 is 0 Å². The van der Waals surface area contributed by atoms with Crippen molar-refractivity contribution in [2.24, 2.45) is 0 Å². The molecular formula is C33H30O4P2. The first kappa shape index (κ1) is 28.4. The Bertz CT molecular complexity index is 1340. The van der Waals surface area contributed by atoms with Gasteiger partial charge < -0.3 is 0 Å². The van der Waals surface area contributed by atoms with Gasteiger partial charge in [0, 0.05) is 28.2 Å². The van der Waals surface area contributed by atoms with Crippen LogP contribution in [0.5, 0.6) is 0 Å². The fourth-order valence-corrected chi connectivity index (χ4v) is 12.0. The molecule has 0 atom stereocenters. The molecule has 0 heterocycles. The number of hydrogen-bond donors (Lipinski definition) is 0. The number of rotatable bonds is 10. The van der Waals surface area contributed by atoms with Crippen molar-refractivity contribution in [2.45, 2.75) is 27.7 Å². The lowest BCUT2D eigenvalue weighted by Crippen LogP contribution is -2.28. The molecule has 0 N–H and O–H groups in total. The normalized spacial score (nSPS) is 11.0. The average molecular weight is 553 g/mol. The van der Waals surface area contributed by atoms with E-state index < -0.39 is 15.8 Å². The topological polar surface area (TPSA) is 68.3 Å². The third kappa shape index (κ3) is 6.19. The Hall–Kier alpha value is -3.58. The molecule has 0 aliphatic heterocycles. The summed E-state index contributed by atoms with van der Waals surface area (Å²) < 4.78 is 0. The Morgan fingerprint density at radius 3 is 0.821 bits per heavy atom. The van der Waals surface area contributed by atoms with Gasteiger partial charge in [0.05, 0.1) is 0 Å². The summed E-state index contributed by atoms with van der Waals surface area (Å²) in [5, 5.41) is 3.56. The number of hydrogen-bond acceptors (Lipinski definition) is 4. The minimum absolute atomic E-state index is 0.0454. The zero-order valence-electron chi connectivity index (χ0n) is 22.5. The second-order valence-corrected chi connectivity index (χ2v) is 14.1. The fourth-order valence-electron chi connectivity index (χ4n) is 4.73. The quantitative estimate of drug-likeness (QED) is 0.178. The first-order chi connectivity index (χ1) is 18.7. The van der Waals surface area contributed by atoms with Crippen molar-refractivity contribution in [3.05, 3.63) is 119 Å². The lowest BCUT2D eigenvalue weighted by molar-refractivity contribution is 0.101. The predicted octanol–water partition coefficient (Wildman–Crippen LogP) is 6.02. The van der Waals surface area contributed by atoms with Gasteiger partial charge in [0.15, 0.2) is 23.1 Å². The highest BCUT2D eigenvalue weighted by Crippen LogP contribution is 2.51. The summed E-state index contributed by atoms with van der Waals surface area (Å²) in [6, 6.07) is 30.3. The Labute approximate surface area is 232 Å². The van der Waals surface area contributed by atoms with Crippen LogP contribution in [0.2, 0.25) is 0 Å². The standard InChI is InChI=1S/C33H30O4P2/c1-22(34)26-13-5-9-17-30(26)38(31-18-10-6-14-27(31)23(2)35)21-39(32-19-11-7-15-28(32)24(3)36)33-20-12-8-16-29(33)25(4)37/h5-20H,21H2,1-4H3. The maximum Gasteiger partial charge on any atom is 0.160 e. The van der Waals surface area contributed by atoms with Crippen LogP contribution in [0.4, 0.5) is 0 Å². The van der Waals surface area contributed by atoms with Crippen LogP contribution in [0, 0.1) is 0 Å². The molecule has 196 valence electrons. The maximum absolute atomic E-state index is 12.8. The lowest BCUT2D eigenvalue weighted by Gasteiger charge is -2.30. The molecule has 0 aliphatic carbocycles. The maximum atomic E-state index is 12.8. The fraction of sp³-hybridized carbons (Fsp3) is 0.152. The van der Waals surface area contributed by atoms with Crippen molar-refractivity contribution in [1.29, 1.82) is 0 Å². The lowest BCUT2D eigenvalue weighted by atomic mass is 10.1. The van der Waals surface area contributed by atoms with Gasteiger partial charge in [-0.25, -0.2) is 0 Å². The minimum Gasteiger partial charge on any atom is -0.294 e. The minimum atomic E-state index is -1.24. The van der Waals surface area contributed by atoms with Gasteiger partial charge in [-0.3, -0.25) is 19.2 Å². The molecule has 0 aromatic heterocycles. The summed E-state index contributed by atoms with van der Waals surface area (Å²) in [5.74, 6) is 0.382. The van der Waals surface area contributed by atoms with Crippen molar-refractivity contribution in [3.63, 3.8) is 0 Å². The molecule has 4 aromatic rings. The molecular weight excluding hydrogens is 522 g/mol. The third-order valence-corrected chi connectivity index (χ3v) is 12.7. The van der Waals surface area contributed by atoms with E-state index in [2.05, 4.69) is 0 Å². The number of Topliss-reactive ketones (excluding diaryl/α,β-unsaturated/α-hetero) is 4. The summed E-state index contributed by atoms with van der Waals surface area (Å²) in [6.45, 7) is 6.23. The molecule has 6 heteroatoms. The molecule has 0 aliphatic rings. The van der Waals surface area contributed by atoms with Gasteiger partial charge in [-0.15, -0.1) is 0 Å². The monoisotopic (exact) mass is 552 g/mol. The summed E-state index contributed by atoms with van der Waals surface area (Å²) in [4.78, 5) is 51.2. The highest BCUT2D eigenvalue weighted by Gasteiger charge is 2.30. The van der Waals surface area contributed by atoms with Crippen molar-refractivity contribution in [3.8, 4) is 0 Å². The van der Waals surface area contributed by atoms with Gasteiger partial charge in [-0.2, -0.15) is 0 Å². The zero-order chi connectivity index (χ0) is 28.1. The molecule has 0 radical (unpaired) electrons. The molecule has 4 aromatic carbocycles. The second-order valence-electron chi connectivity index (χ2n) is 9.29. The highest BCUT2D eigenvalue weighted by molar-refractivity contribution is 7.88. The number of benzene rings is 4. The summed E-state index contributed by atoms with van der Waals surface area (Å²) in [5.41, 5.74) is 2.49. The van der Waals surface area contributed by atoms with Crippen LogP contribution in [-0.4, -0.2) is 29.0 Å². The SMILES string of the molecule is CC(=O)c1ccccc1P(CP(c1ccccc1C(C)=O)c1ccccc1C(C)=O)c1ccccc1C(C)=O. The molecule has 0 bridgehead atoms. The molecule has 4 nitrogen and oxygen atoms in total. The van der Waals surface area contributed by atoms with Gasteiger partial charge in [0.1, 0.15) is 0 Å². The van der Waals surface area contributed by atoms with Crippen LogP contribution in [0.15, 0.2) is 97.1 Å². The number of ketones is 4. The predicted molar refractivity (Wildman–Crippen MR) is 163 cm³/mol. The van der Waals surface area contributed by atoms with Crippen LogP contribution in [0.1, 0.15) is 69.1 Å². The average Bonchev–Trinajstić information content (AvgIpc) is 2.93.